The van der Waals surface area contributed by atoms with Gasteiger partial charge in [0.05, 0.1) is 12.1 Å². The summed E-state index contributed by atoms with van der Waals surface area (Å²) in [6, 6.07) is 7.90. The van der Waals surface area contributed by atoms with Crippen molar-refractivity contribution in [3.63, 3.8) is 0 Å². The lowest BCUT2D eigenvalue weighted by Gasteiger charge is -2.09. The first-order valence-electron chi connectivity index (χ1n) is 6.17. The number of fused-ring (bicyclic) bond motifs is 1. The number of nitrogen functional groups attached to an aromatic ring is 1. The van der Waals surface area contributed by atoms with E-state index >= 15 is 0 Å². The molecular weight excluding hydrogens is 254 g/mol. The number of nitrogens with zero attached hydrogens (tertiary/aromatic N) is 2. The van der Waals surface area contributed by atoms with Crippen molar-refractivity contribution in [3.8, 4) is 0 Å². The molecule has 0 bridgehead atoms. The van der Waals surface area contributed by atoms with Crippen molar-refractivity contribution in [2.24, 2.45) is 4.99 Å². The van der Waals surface area contributed by atoms with E-state index < -0.39 is 0 Å². The number of benzene rings is 1. The normalized spacial score (nSPS) is 15.2. The predicted octanol–water partition coefficient (Wildman–Crippen LogP) is 3.35. The van der Waals surface area contributed by atoms with Crippen LogP contribution in [0.5, 0.6) is 0 Å². The fraction of sp³-hybridized carbons (Fsp3) is 0.200. The molecule has 2 aromatic rings. The lowest BCUT2D eigenvalue weighted by molar-refractivity contribution is 1.18. The van der Waals surface area contributed by atoms with Gasteiger partial charge in [0.2, 0.25) is 0 Å². The zero-order valence-corrected chi connectivity index (χ0v) is 11.8. The molecule has 0 radical (unpaired) electrons. The van der Waals surface area contributed by atoms with Crippen LogP contribution in [0.15, 0.2) is 39.7 Å². The third-order valence-electron chi connectivity index (χ3n) is 3.44. The molecule has 1 aliphatic heterocycles. The quantitative estimate of drug-likeness (QED) is 0.780. The largest absolute Gasteiger partial charge is 0.384 e. The number of allylic oxidation sites excluding steroid dienone is 1. The van der Waals surface area contributed by atoms with Gasteiger partial charge in [-0.25, -0.2) is 4.98 Å². The number of pyridine rings is 1. The van der Waals surface area contributed by atoms with Crippen LogP contribution in [0.4, 0.5) is 5.82 Å². The van der Waals surface area contributed by atoms with Crippen molar-refractivity contribution >= 4 is 40.6 Å². The molecule has 0 saturated carbocycles. The number of aliphatic imine (C=N–C) groups is 1. The standard InChI is InChI=1S/C15H15N3S/c1-8-7-17-9(2)15(8)10-5-12-11(13(19)6-10)3-4-14(16)18-12/h3-6,19H,7H2,1-2H3,(H2,16,18). The number of nitrogens with two attached hydrogens (primary N) is 1. The third kappa shape index (κ3) is 2.02. The number of hydrogen-bond acceptors (Lipinski definition) is 4. The Morgan fingerprint density at radius 2 is 2.00 bits per heavy atom. The molecule has 0 unspecified atom stereocenters. The van der Waals surface area contributed by atoms with Gasteiger partial charge < -0.3 is 5.73 Å². The second kappa shape index (κ2) is 4.38. The Kier molecular flexibility index (Phi) is 2.82. The van der Waals surface area contributed by atoms with Crippen molar-refractivity contribution in [2.45, 2.75) is 18.7 Å². The average molecular weight is 269 g/mol. The van der Waals surface area contributed by atoms with E-state index in [2.05, 4.69) is 41.7 Å². The first-order valence-corrected chi connectivity index (χ1v) is 6.62. The zero-order valence-electron chi connectivity index (χ0n) is 10.9. The molecule has 96 valence electrons. The maximum atomic E-state index is 5.76. The lowest BCUT2D eigenvalue weighted by Crippen LogP contribution is -1.97. The Morgan fingerprint density at radius 1 is 1.21 bits per heavy atom. The van der Waals surface area contributed by atoms with Gasteiger partial charge in [-0.15, -0.1) is 12.6 Å². The van der Waals surface area contributed by atoms with Gasteiger partial charge in [0.25, 0.3) is 0 Å². The van der Waals surface area contributed by atoms with E-state index in [9.17, 15) is 0 Å². The molecule has 1 aliphatic rings. The molecule has 2 N–H and O–H groups in total. The topological polar surface area (TPSA) is 51.3 Å². The summed E-state index contributed by atoms with van der Waals surface area (Å²) in [4.78, 5) is 9.78. The Balaban J connectivity index is 2.27. The van der Waals surface area contributed by atoms with E-state index in [1.54, 1.807) is 6.07 Å². The summed E-state index contributed by atoms with van der Waals surface area (Å²) in [6.07, 6.45) is 0. The summed E-state index contributed by atoms with van der Waals surface area (Å²) in [7, 11) is 0. The number of rotatable bonds is 1. The molecule has 0 spiro atoms. The molecule has 3 rings (SSSR count). The Morgan fingerprint density at radius 3 is 2.68 bits per heavy atom. The SMILES string of the molecule is CC1=NCC(C)=C1c1cc(S)c2ccc(N)nc2c1. The van der Waals surface area contributed by atoms with Crippen LogP contribution in [0.25, 0.3) is 16.5 Å². The predicted molar refractivity (Wildman–Crippen MR) is 84.0 cm³/mol. The maximum Gasteiger partial charge on any atom is 0.124 e. The van der Waals surface area contributed by atoms with Crippen LogP contribution in [-0.2, 0) is 0 Å². The summed E-state index contributed by atoms with van der Waals surface area (Å²) in [5.41, 5.74) is 11.3. The number of anilines is 1. The van der Waals surface area contributed by atoms with Crippen LogP contribution in [0.2, 0.25) is 0 Å². The minimum Gasteiger partial charge on any atom is -0.384 e. The maximum absolute atomic E-state index is 5.76. The van der Waals surface area contributed by atoms with Crippen molar-refractivity contribution in [2.75, 3.05) is 12.3 Å². The molecule has 3 nitrogen and oxygen atoms in total. The van der Waals surface area contributed by atoms with Gasteiger partial charge in [0.1, 0.15) is 5.82 Å². The minimum absolute atomic E-state index is 0.528. The van der Waals surface area contributed by atoms with Crippen molar-refractivity contribution in [1.82, 2.24) is 4.98 Å². The van der Waals surface area contributed by atoms with Crippen LogP contribution in [0, 0.1) is 0 Å². The molecule has 0 aliphatic carbocycles. The Bertz CT molecular complexity index is 744. The Hall–Kier alpha value is -1.81. The monoisotopic (exact) mass is 269 g/mol. The second-order valence-electron chi connectivity index (χ2n) is 4.86. The average Bonchev–Trinajstić information content (AvgIpc) is 2.68. The number of thiol groups is 1. The summed E-state index contributed by atoms with van der Waals surface area (Å²) >= 11 is 4.56. The first-order chi connectivity index (χ1) is 9.06. The Labute approximate surface area is 117 Å². The molecule has 4 heteroatoms. The van der Waals surface area contributed by atoms with Gasteiger partial charge in [0.15, 0.2) is 0 Å². The van der Waals surface area contributed by atoms with Crippen molar-refractivity contribution in [3.05, 3.63) is 35.4 Å². The molecule has 0 saturated heterocycles. The highest BCUT2D eigenvalue weighted by Gasteiger charge is 2.16. The van der Waals surface area contributed by atoms with Crippen LogP contribution < -0.4 is 5.73 Å². The highest BCUT2D eigenvalue weighted by atomic mass is 32.1. The van der Waals surface area contributed by atoms with Gasteiger partial charge in [-0.3, -0.25) is 4.99 Å². The molecular formula is C15H15N3S. The molecule has 0 amide bonds. The summed E-state index contributed by atoms with van der Waals surface area (Å²) in [6.45, 7) is 4.94. The highest BCUT2D eigenvalue weighted by molar-refractivity contribution is 7.80. The van der Waals surface area contributed by atoms with Gasteiger partial charge >= 0.3 is 0 Å². The fourth-order valence-electron chi connectivity index (χ4n) is 2.54. The molecule has 0 fully saturated rings. The lowest BCUT2D eigenvalue weighted by atomic mass is 9.98. The van der Waals surface area contributed by atoms with Crippen LogP contribution in [0.1, 0.15) is 19.4 Å². The van der Waals surface area contributed by atoms with Gasteiger partial charge in [0, 0.05) is 21.6 Å². The van der Waals surface area contributed by atoms with Crippen LogP contribution in [-0.4, -0.2) is 17.2 Å². The van der Waals surface area contributed by atoms with Crippen LogP contribution >= 0.6 is 12.6 Å². The molecule has 1 aromatic carbocycles. The first kappa shape index (κ1) is 12.2. The van der Waals surface area contributed by atoms with E-state index in [0.717, 1.165) is 33.6 Å². The van der Waals surface area contributed by atoms with E-state index in [4.69, 9.17) is 5.73 Å². The second-order valence-corrected chi connectivity index (χ2v) is 5.34. The van der Waals surface area contributed by atoms with E-state index in [1.165, 1.54) is 11.1 Å². The van der Waals surface area contributed by atoms with Crippen molar-refractivity contribution in [1.29, 1.82) is 0 Å². The minimum atomic E-state index is 0.528. The smallest absolute Gasteiger partial charge is 0.124 e. The molecule has 1 aromatic heterocycles. The van der Waals surface area contributed by atoms with E-state index in [-0.39, 0.29) is 0 Å². The summed E-state index contributed by atoms with van der Waals surface area (Å²) in [5.74, 6) is 0.528. The van der Waals surface area contributed by atoms with E-state index in [1.807, 2.05) is 13.0 Å². The van der Waals surface area contributed by atoms with Crippen molar-refractivity contribution < 1.29 is 0 Å². The summed E-state index contributed by atoms with van der Waals surface area (Å²) < 4.78 is 0. The molecule has 2 heterocycles. The highest BCUT2D eigenvalue weighted by Crippen LogP contribution is 2.31. The number of hydrogen-bond donors (Lipinski definition) is 2. The van der Waals surface area contributed by atoms with Crippen LogP contribution in [0.3, 0.4) is 0 Å². The molecule has 0 atom stereocenters. The zero-order chi connectivity index (χ0) is 13.6. The number of aromatic nitrogens is 1. The van der Waals surface area contributed by atoms with Gasteiger partial charge in [-0.1, -0.05) is 0 Å². The van der Waals surface area contributed by atoms with Gasteiger partial charge in [-0.05, 0) is 49.2 Å². The fourth-order valence-corrected chi connectivity index (χ4v) is 2.86. The molecule has 19 heavy (non-hydrogen) atoms. The third-order valence-corrected chi connectivity index (χ3v) is 3.81. The van der Waals surface area contributed by atoms with E-state index in [0.29, 0.717) is 5.82 Å². The van der Waals surface area contributed by atoms with Gasteiger partial charge in [-0.2, -0.15) is 0 Å². The summed E-state index contributed by atoms with van der Waals surface area (Å²) in [5, 5.41) is 1.02.